The van der Waals surface area contributed by atoms with Crippen molar-refractivity contribution in [1.29, 1.82) is 0 Å². The number of hydrogen-bond donors (Lipinski definition) is 1. The molecule has 1 heterocycles. The minimum Gasteiger partial charge on any atom is -0.291 e. The number of ketones is 1. The largest absolute Gasteiger partial charge is 0.355 e. The lowest BCUT2D eigenvalue weighted by Crippen LogP contribution is -2.39. The molecule has 3 aromatic carbocycles. The van der Waals surface area contributed by atoms with Gasteiger partial charge in [0.25, 0.3) is 0 Å². The summed E-state index contributed by atoms with van der Waals surface area (Å²) in [6.07, 6.45) is 1.85. The Morgan fingerprint density at radius 1 is 0.900 bits per heavy atom. The number of carbonyl (C=O) groups excluding carboxylic acids is 1. The van der Waals surface area contributed by atoms with Gasteiger partial charge in [0.2, 0.25) is 0 Å². The molecule has 0 aliphatic carbocycles. The second-order valence-electron chi connectivity index (χ2n) is 7.05. The van der Waals surface area contributed by atoms with Crippen LogP contribution in [0.2, 0.25) is 10.0 Å². The van der Waals surface area contributed by atoms with Crippen LogP contribution in [-0.2, 0) is 13.6 Å². The number of nitrogen functional groups attached to an aromatic ring is 1. The number of carbonyl (C=O) groups is 1. The molecule has 0 atom stereocenters. The molecule has 30 heavy (non-hydrogen) atoms. The van der Waals surface area contributed by atoms with Crippen molar-refractivity contribution in [2.45, 2.75) is 6.54 Å². The van der Waals surface area contributed by atoms with Gasteiger partial charge in [-0.2, -0.15) is 0 Å². The molecule has 2 N–H and O–H groups in total. The van der Waals surface area contributed by atoms with Crippen LogP contribution in [0.25, 0.3) is 22.4 Å². The minimum absolute atomic E-state index is 0.0161. The van der Waals surface area contributed by atoms with Crippen molar-refractivity contribution < 1.29 is 9.36 Å². The van der Waals surface area contributed by atoms with Crippen LogP contribution < -0.4 is 10.3 Å². The van der Waals surface area contributed by atoms with Crippen molar-refractivity contribution in [2.24, 2.45) is 7.05 Å². The molecule has 150 valence electrons. The normalized spacial score (nSPS) is 10.9. The molecule has 0 spiro atoms. The van der Waals surface area contributed by atoms with E-state index >= 15 is 0 Å². The molecule has 0 bridgehead atoms. The first-order chi connectivity index (χ1) is 14.4. The maximum Gasteiger partial charge on any atom is 0.355 e. The summed E-state index contributed by atoms with van der Waals surface area (Å²) in [7, 11) is 1.85. The number of nitrogens with two attached hydrogens (primary N) is 1. The van der Waals surface area contributed by atoms with Gasteiger partial charge in [-0.3, -0.25) is 10.5 Å². The summed E-state index contributed by atoms with van der Waals surface area (Å²) in [6.45, 7) is 0.145. The molecule has 0 saturated heterocycles. The Balaban J connectivity index is 1.57. The number of nitrogens with zero attached hydrogens (tertiary/aromatic N) is 2. The number of aromatic nitrogens is 2. The molecular formula is C24H20Cl2N3O+. The van der Waals surface area contributed by atoms with Gasteiger partial charge >= 0.3 is 5.95 Å². The van der Waals surface area contributed by atoms with Gasteiger partial charge in [0.1, 0.15) is 18.4 Å². The zero-order valence-electron chi connectivity index (χ0n) is 16.3. The Bertz CT molecular complexity index is 1220. The second-order valence-corrected chi connectivity index (χ2v) is 7.87. The quantitative estimate of drug-likeness (QED) is 0.335. The molecule has 4 nitrogen and oxygen atoms in total. The Labute approximate surface area is 185 Å². The summed E-state index contributed by atoms with van der Waals surface area (Å²) < 4.78 is 3.57. The second kappa shape index (κ2) is 8.34. The first-order valence-corrected chi connectivity index (χ1v) is 10.2. The van der Waals surface area contributed by atoms with Crippen LogP contribution in [0.1, 0.15) is 10.4 Å². The van der Waals surface area contributed by atoms with Gasteiger partial charge in [-0.1, -0.05) is 77.8 Å². The fraction of sp³-hybridized carbons (Fsp3) is 0.0833. The summed E-state index contributed by atoms with van der Waals surface area (Å²) in [6, 6.07) is 23.1. The smallest absolute Gasteiger partial charge is 0.291 e. The monoisotopic (exact) mass is 436 g/mol. The fourth-order valence-electron chi connectivity index (χ4n) is 3.39. The van der Waals surface area contributed by atoms with Crippen molar-refractivity contribution in [1.82, 2.24) is 4.57 Å². The highest BCUT2D eigenvalue weighted by atomic mass is 35.5. The van der Waals surface area contributed by atoms with E-state index in [9.17, 15) is 4.79 Å². The molecule has 0 fully saturated rings. The molecule has 1 aromatic heterocycles. The zero-order chi connectivity index (χ0) is 21.3. The highest BCUT2D eigenvalue weighted by Gasteiger charge is 2.21. The van der Waals surface area contributed by atoms with Crippen LogP contribution in [0.4, 0.5) is 5.95 Å². The highest BCUT2D eigenvalue weighted by molar-refractivity contribution is 6.42. The van der Waals surface area contributed by atoms with E-state index in [1.165, 1.54) is 0 Å². The van der Waals surface area contributed by atoms with Gasteiger partial charge < -0.3 is 0 Å². The molecule has 4 aromatic rings. The molecule has 4 rings (SSSR count). The maximum absolute atomic E-state index is 12.8. The number of rotatable bonds is 5. The third kappa shape index (κ3) is 3.97. The lowest BCUT2D eigenvalue weighted by atomic mass is 10.0. The lowest BCUT2D eigenvalue weighted by molar-refractivity contribution is -0.667. The van der Waals surface area contributed by atoms with E-state index in [2.05, 4.69) is 0 Å². The summed E-state index contributed by atoms with van der Waals surface area (Å²) in [5.74, 6) is 0.461. The number of Topliss-reactive ketones (excluding diaryl/α,β-unsaturated/α-hetero) is 1. The lowest BCUT2D eigenvalue weighted by Gasteiger charge is -2.04. The van der Waals surface area contributed by atoms with Crippen LogP contribution in [0.15, 0.2) is 79.0 Å². The van der Waals surface area contributed by atoms with E-state index in [0.717, 1.165) is 22.4 Å². The molecule has 6 heteroatoms. The Hall–Kier alpha value is -3.08. The molecular weight excluding hydrogens is 417 g/mol. The predicted octanol–water partition coefficient (Wildman–Crippen LogP) is 5.42. The summed E-state index contributed by atoms with van der Waals surface area (Å²) in [5.41, 5.74) is 10.8. The number of benzene rings is 3. The van der Waals surface area contributed by atoms with Gasteiger partial charge in [0.05, 0.1) is 17.1 Å². The van der Waals surface area contributed by atoms with Crippen molar-refractivity contribution in [3.63, 3.8) is 0 Å². The van der Waals surface area contributed by atoms with Crippen LogP contribution >= 0.6 is 23.2 Å². The van der Waals surface area contributed by atoms with Gasteiger partial charge in [-0.25, -0.2) is 9.13 Å². The van der Waals surface area contributed by atoms with Crippen LogP contribution in [0.3, 0.4) is 0 Å². The fourth-order valence-corrected chi connectivity index (χ4v) is 3.69. The standard InChI is InChI=1S/C24H19Cl2N3O/c1-28-22(19-11-12-20(25)21(26)13-19)14-29(24(28)27)15-23(30)18-9-7-17(8-10-18)16-5-3-2-4-6-16/h2-14,27H,15H2,1H3/p+1. The summed E-state index contributed by atoms with van der Waals surface area (Å²) >= 11 is 12.2. The Morgan fingerprint density at radius 2 is 1.53 bits per heavy atom. The van der Waals surface area contributed by atoms with E-state index in [4.69, 9.17) is 28.9 Å². The van der Waals surface area contributed by atoms with E-state index in [-0.39, 0.29) is 12.3 Å². The molecule has 0 aliphatic rings. The van der Waals surface area contributed by atoms with Gasteiger partial charge in [-0.15, -0.1) is 0 Å². The van der Waals surface area contributed by atoms with Crippen LogP contribution in [-0.4, -0.2) is 10.4 Å². The third-order valence-electron chi connectivity index (χ3n) is 5.12. The van der Waals surface area contributed by atoms with Gasteiger partial charge in [0.15, 0.2) is 5.78 Å². The molecule has 0 amide bonds. The molecule has 0 unspecified atom stereocenters. The van der Waals surface area contributed by atoms with Crippen molar-refractivity contribution in [2.75, 3.05) is 5.73 Å². The van der Waals surface area contributed by atoms with Crippen molar-refractivity contribution >= 4 is 34.9 Å². The number of hydrogen-bond acceptors (Lipinski definition) is 2. The van der Waals surface area contributed by atoms with E-state index in [0.29, 0.717) is 21.6 Å². The predicted molar refractivity (Wildman–Crippen MR) is 122 cm³/mol. The van der Waals surface area contributed by atoms with Crippen molar-refractivity contribution in [3.05, 3.63) is 94.6 Å². The van der Waals surface area contributed by atoms with E-state index in [1.807, 2.05) is 78.5 Å². The first kappa shape index (κ1) is 20.2. The van der Waals surface area contributed by atoms with Crippen LogP contribution in [0, 0.1) is 0 Å². The highest BCUT2D eigenvalue weighted by Crippen LogP contribution is 2.28. The summed E-state index contributed by atoms with van der Waals surface area (Å²) in [4.78, 5) is 12.8. The van der Waals surface area contributed by atoms with Gasteiger partial charge in [-0.05, 0) is 29.3 Å². The molecule has 0 saturated carbocycles. The number of halogens is 2. The average molecular weight is 437 g/mol. The Morgan fingerprint density at radius 3 is 2.20 bits per heavy atom. The van der Waals surface area contributed by atoms with Crippen molar-refractivity contribution in [3.8, 4) is 22.4 Å². The SMILES string of the molecule is Cn1c(-c2ccc(Cl)c(Cl)c2)c[n+](CC(=O)c2ccc(-c3ccccc3)cc2)c1N. The Kier molecular flexibility index (Phi) is 5.62. The van der Waals surface area contributed by atoms with E-state index in [1.54, 1.807) is 16.7 Å². The third-order valence-corrected chi connectivity index (χ3v) is 5.86. The molecule has 0 radical (unpaired) electrons. The van der Waals surface area contributed by atoms with Gasteiger partial charge in [0, 0.05) is 11.1 Å². The maximum atomic E-state index is 12.8. The topological polar surface area (TPSA) is 51.9 Å². The average Bonchev–Trinajstić information content (AvgIpc) is 3.05. The summed E-state index contributed by atoms with van der Waals surface area (Å²) in [5, 5.41) is 0.958. The van der Waals surface area contributed by atoms with Crippen LogP contribution in [0.5, 0.6) is 0 Å². The first-order valence-electron chi connectivity index (χ1n) is 9.43. The minimum atomic E-state index is -0.0161. The number of imidazole rings is 1. The zero-order valence-corrected chi connectivity index (χ0v) is 17.9. The van der Waals surface area contributed by atoms with E-state index < -0.39 is 0 Å². The number of anilines is 1. The molecule has 0 aliphatic heterocycles.